The summed E-state index contributed by atoms with van der Waals surface area (Å²) >= 11 is 0. The lowest BCUT2D eigenvalue weighted by Gasteiger charge is -2.23. The zero-order chi connectivity index (χ0) is 12.7. The fourth-order valence-corrected chi connectivity index (χ4v) is 1.71. The molecule has 0 N–H and O–H groups in total. The quantitative estimate of drug-likeness (QED) is 0.405. The molecule has 0 aromatic heterocycles. The normalized spacial score (nSPS) is 12.1. The Labute approximate surface area is 102 Å². The topological polar surface area (TPSA) is 18.5 Å². The largest absolute Gasteiger partial charge is 0.379 e. The van der Waals surface area contributed by atoms with Gasteiger partial charge in [-0.15, -0.1) is 11.5 Å². The molecule has 0 saturated carbocycles. The monoisotopic (exact) mass is 242 g/mol. The molecule has 16 heavy (non-hydrogen) atoms. The third-order valence-electron chi connectivity index (χ3n) is 1.90. The van der Waals surface area contributed by atoms with E-state index in [1.165, 1.54) is 0 Å². The first-order valence-corrected chi connectivity index (χ1v) is 9.48. The van der Waals surface area contributed by atoms with Crippen LogP contribution in [-0.2, 0) is 9.47 Å². The van der Waals surface area contributed by atoms with Crippen molar-refractivity contribution in [3.63, 3.8) is 0 Å². The molecule has 0 atom stereocenters. The summed E-state index contributed by atoms with van der Waals surface area (Å²) in [5.41, 5.74) is 3.19. The summed E-state index contributed by atoms with van der Waals surface area (Å²) in [7, 11) is -1.24. The standard InChI is InChI=1S/C13H26O2Si/c1-7-14-10-11-15-13(2,3)9-8-12-16(4,5)6/h7,9-11H2,1-6H3. The number of rotatable bonds is 6. The molecule has 2 nitrogen and oxygen atoms in total. The molecule has 0 aliphatic carbocycles. The van der Waals surface area contributed by atoms with Crippen LogP contribution in [0.15, 0.2) is 0 Å². The summed E-state index contributed by atoms with van der Waals surface area (Å²) in [5.74, 6) is 3.25. The lowest BCUT2D eigenvalue weighted by molar-refractivity contribution is -0.0412. The Morgan fingerprint density at radius 2 is 1.75 bits per heavy atom. The summed E-state index contributed by atoms with van der Waals surface area (Å²) in [6.07, 6.45) is 0.795. The molecule has 0 aliphatic heterocycles. The molecule has 0 aromatic rings. The fourth-order valence-electron chi connectivity index (χ4n) is 1.09. The van der Waals surface area contributed by atoms with Gasteiger partial charge in [0.2, 0.25) is 0 Å². The predicted molar refractivity (Wildman–Crippen MR) is 72.3 cm³/mol. The zero-order valence-corrected chi connectivity index (χ0v) is 12.6. The van der Waals surface area contributed by atoms with Gasteiger partial charge in [-0.3, -0.25) is 0 Å². The van der Waals surface area contributed by atoms with E-state index in [9.17, 15) is 0 Å². The molecule has 0 bridgehead atoms. The average molecular weight is 242 g/mol. The van der Waals surface area contributed by atoms with Crippen LogP contribution in [0.5, 0.6) is 0 Å². The summed E-state index contributed by atoms with van der Waals surface area (Å²) in [6.45, 7) is 15.0. The van der Waals surface area contributed by atoms with Gasteiger partial charge in [-0.2, -0.15) is 0 Å². The van der Waals surface area contributed by atoms with E-state index in [-0.39, 0.29) is 5.60 Å². The maximum absolute atomic E-state index is 5.73. The van der Waals surface area contributed by atoms with E-state index in [4.69, 9.17) is 9.47 Å². The highest BCUT2D eigenvalue weighted by Gasteiger charge is 2.17. The van der Waals surface area contributed by atoms with Gasteiger partial charge >= 0.3 is 0 Å². The fraction of sp³-hybridized carbons (Fsp3) is 0.846. The van der Waals surface area contributed by atoms with Gasteiger partial charge in [-0.05, 0) is 20.8 Å². The Bertz CT molecular complexity index is 243. The summed E-state index contributed by atoms with van der Waals surface area (Å²) in [4.78, 5) is 0. The van der Waals surface area contributed by atoms with Crippen molar-refractivity contribution in [3.05, 3.63) is 0 Å². The van der Waals surface area contributed by atoms with Gasteiger partial charge in [0.05, 0.1) is 18.8 Å². The van der Waals surface area contributed by atoms with Crippen LogP contribution < -0.4 is 0 Å². The van der Waals surface area contributed by atoms with Gasteiger partial charge in [0.15, 0.2) is 0 Å². The van der Waals surface area contributed by atoms with Crippen LogP contribution in [0.2, 0.25) is 19.6 Å². The molecule has 0 heterocycles. The van der Waals surface area contributed by atoms with Crippen molar-refractivity contribution in [2.75, 3.05) is 19.8 Å². The second-order valence-electron chi connectivity index (χ2n) is 5.53. The minimum Gasteiger partial charge on any atom is -0.379 e. The molecular formula is C13H26O2Si. The second kappa shape index (κ2) is 7.11. The molecule has 94 valence electrons. The van der Waals surface area contributed by atoms with E-state index in [0.29, 0.717) is 13.2 Å². The molecule has 0 rings (SSSR count). The molecule has 0 fully saturated rings. The molecular weight excluding hydrogens is 216 g/mol. The summed E-state index contributed by atoms with van der Waals surface area (Å²) in [5, 5.41) is 0. The van der Waals surface area contributed by atoms with Crippen LogP contribution in [0.25, 0.3) is 0 Å². The Morgan fingerprint density at radius 3 is 2.25 bits per heavy atom. The van der Waals surface area contributed by atoms with Gasteiger partial charge in [-0.25, -0.2) is 0 Å². The van der Waals surface area contributed by atoms with Crippen molar-refractivity contribution in [1.82, 2.24) is 0 Å². The van der Waals surface area contributed by atoms with Crippen LogP contribution in [0.4, 0.5) is 0 Å². The first kappa shape index (κ1) is 15.7. The summed E-state index contributed by atoms with van der Waals surface area (Å²) < 4.78 is 11.0. The lowest BCUT2D eigenvalue weighted by Crippen LogP contribution is -2.26. The first-order valence-electron chi connectivity index (χ1n) is 5.98. The third kappa shape index (κ3) is 10.2. The van der Waals surface area contributed by atoms with Gasteiger partial charge in [0, 0.05) is 13.0 Å². The average Bonchev–Trinajstić information content (AvgIpc) is 2.10. The van der Waals surface area contributed by atoms with Gasteiger partial charge in [-0.1, -0.05) is 19.6 Å². The van der Waals surface area contributed by atoms with Crippen LogP contribution in [-0.4, -0.2) is 33.5 Å². The smallest absolute Gasteiger partial charge is 0.129 e. The van der Waals surface area contributed by atoms with Crippen molar-refractivity contribution in [2.24, 2.45) is 0 Å². The van der Waals surface area contributed by atoms with Gasteiger partial charge in [0.1, 0.15) is 8.07 Å². The van der Waals surface area contributed by atoms with Crippen LogP contribution in [0.3, 0.4) is 0 Å². The highest BCUT2D eigenvalue weighted by Crippen LogP contribution is 2.13. The van der Waals surface area contributed by atoms with Crippen LogP contribution >= 0.6 is 0 Å². The van der Waals surface area contributed by atoms with Crippen molar-refractivity contribution >= 4 is 8.07 Å². The Balaban J connectivity index is 3.89. The maximum Gasteiger partial charge on any atom is 0.129 e. The minimum absolute atomic E-state index is 0.163. The molecule has 0 amide bonds. The van der Waals surface area contributed by atoms with E-state index in [0.717, 1.165) is 13.0 Å². The van der Waals surface area contributed by atoms with Crippen LogP contribution in [0.1, 0.15) is 27.2 Å². The van der Waals surface area contributed by atoms with E-state index < -0.39 is 8.07 Å². The Hall–Kier alpha value is -0.303. The molecule has 3 heteroatoms. The number of hydrogen-bond donors (Lipinski definition) is 0. The van der Waals surface area contributed by atoms with E-state index in [1.807, 2.05) is 6.92 Å². The van der Waals surface area contributed by atoms with Crippen molar-refractivity contribution < 1.29 is 9.47 Å². The maximum atomic E-state index is 5.73. The Kier molecular flexibility index (Phi) is 6.97. The SMILES string of the molecule is CCOCCOC(C)(C)CC#C[Si](C)(C)C. The van der Waals surface area contributed by atoms with E-state index >= 15 is 0 Å². The van der Waals surface area contributed by atoms with Crippen molar-refractivity contribution in [2.45, 2.75) is 52.4 Å². The van der Waals surface area contributed by atoms with Crippen molar-refractivity contribution in [1.29, 1.82) is 0 Å². The molecule has 0 radical (unpaired) electrons. The molecule has 0 spiro atoms. The molecule has 0 saturated heterocycles. The number of ether oxygens (including phenoxy) is 2. The van der Waals surface area contributed by atoms with E-state index in [2.05, 4.69) is 45.0 Å². The molecule has 0 aromatic carbocycles. The third-order valence-corrected chi connectivity index (χ3v) is 2.83. The molecule has 0 aliphatic rings. The zero-order valence-electron chi connectivity index (χ0n) is 11.6. The minimum atomic E-state index is -1.24. The summed E-state index contributed by atoms with van der Waals surface area (Å²) in [6, 6.07) is 0. The highest BCUT2D eigenvalue weighted by molar-refractivity contribution is 6.83. The highest BCUT2D eigenvalue weighted by atomic mass is 28.3. The van der Waals surface area contributed by atoms with Crippen molar-refractivity contribution in [3.8, 4) is 11.5 Å². The van der Waals surface area contributed by atoms with Gasteiger partial charge in [0.25, 0.3) is 0 Å². The number of hydrogen-bond acceptors (Lipinski definition) is 2. The van der Waals surface area contributed by atoms with Crippen LogP contribution in [0, 0.1) is 11.5 Å². The lowest BCUT2D eigenvalue weighted by atomic mass is 10.1. The van der Waals surface area contributed by atoms with Gasteiger partial charge < -0.3 is 9.47 Å². The molecule has 0 unspecified atom stereocenters. The van der Waals surface area contributed by atoms with E-state index in [1.54, 1.807) is 0 Å². The Morgan fingerprint density at radius 1 is 1.12 bits per heavy atom. The first-order chi connectivity index (χ1) is 7.27. The second-order valence-corrected chi connectivity index (χ2v) is 10.3. The predicted octanol–water partition coefficient (Wildman–Crippen LogP) is 3.09.